The summed E-state index contributed by atoms with van der Waals surface area (Å²) >= 11 is 0. The van der Waals surface area contributed by atoms with Crippen LogP contribution in [0.15, 0.2) is 18.2 Å². The summed E-state index contributed by atoms with van der Waals surface area (Å²) in [5.41, 5.74) is 6.99. The van der Waals surface area contributed by atoms with E-state index in [1.807, 2.05) is 32.0 Å². The number of nitrogens with zero attached hydrogens (tertiary/aromatic N) is 1. The number of fused-ring (bicyclic) bond motifs is 1. The van der Waals surface area contributed by atoms with Gasteiger partial charge in [-0.2, -0.15) is 0 Å². The lowest BCUT2D eigenvalue weighted by Crippen LogP contribution is -2.54. The van der Waals surface area contributed by atoms with Crippen LogP contribution in [-0.2, 0) is 24.0 Å². The Morgan fingerprint density at radius 2 is 1.71 bits per heavy atom. The van der Waals surface area contributed by atoms with E-state index < -0.39 is 35.6 Å². The zero-order valence-corrected chi connectivity index (χ0v) is 25.2. The predicted octanol–water partition coefficient (Wildman–Crippen LogP) is 2.33. The Kier molecular flexibility index (Phi) is 7.87. The van der Waals surface area contributed by atoms with Gasteiger partial charge in [-0.25, -0.2) is 0 Å². The molecule has 1 heterocycles. The Labute approximate surface area is 247 Å². The van der Waals surface area contributed by atoms with E-state index in [2.05, 4.69) is 24.5 Å². The predicted molar refractivity (Wildman–Crippen MR) is 155 cm³/mol. The molecule has 4 fully saturated rings. The highest BCUT2D eigenvalue weighted by Gasteiger charge is 2.85. The number of primary amides is 1. The monoisotopic (exact) mass is 580 g/mol. The zero-order chi connectivity index (χ0) is 30.4. The molecule has 1 aromatic rings. The summed E-state index contributed by atoms with van der Waals surface area (Å²) < 4.78 is 5.73. The van der Waals surface area contributed by atoms with Crippen molar-refractivity contribution in [3.63, 3.8) is 0 Å². The smallest absolute Gasteiger partial charge is 0.287 e. The van der Waals surface area contributed by atoms with Crippen LogP contribution in [0.2, 0.25) is 0 Å². The number of ether oxygens (including phenoxy) is 1. The van der Waals surface area contributed by atoms with Crippen LogP contribution in [0.5, 0.6) is 5.75 Å². The van der Waals surface area contributed by atoms with Crippen molar-refractivity contribution >= 4 is 29.4 Å². The first-order chi connectivity index (χ1) is 19.8. The molecule has 1 aliphatic heterocycles. The van der Waals surface area contributed by atoms with Crippen LogP contribution < -0.4 is 21.1 Å². The highest BCUT2D eigenvalue weighted by Crippen LogP contribution is 2.88. The quantitative estimate of drug-likeness (QED) is 0.342. The molecule has 2 spiro atoms. The molecule has 0 bridgehead atoms. The number of hydrogen-bond donors (Lipinski definition) is 3. The number of benzene rings is 1. The summed E-state index contributed by atoms with van der Waals surface area (Å²) in [6, 6.07) is 3.92. The molecule has 4 amide bonds. The largest absolute Gasteiger partial charge is 0.483 e. The molecule has 1 saturated heterocycles. The molecule has 1 unspecified atom stereocenters. The van der Waals surface area contributed by atoms with Gasteiger partial charge in [-0.05, 0) is 67.4 Å². The summed E-state index contributed by atoms with van der Waals surface area (Å²) in [5, 5.41) is 5.46. The number of nitrogens with two attached hydrogens (primary N) is 1. The Morgan fingerprint density at radius 1 is 1.05 bits per heavy atom. The second-order valence-corrected chi connectivity index (χ2v) is 13.5. The van der Waals surface area contributed by atoms with Crippen molar-refractivity contribution in [3.8, 4) is 5.75 Å². The maximum absolute atomic E-state index is 13.8. The number of likely N-dealkylation sites (tertiary alicyclic amines) is 1. The highest BCUT2D eigenvalue weighted by atomic mass is 16.5. The lowest BCUT2D eigenvalue weighted by Gasteiger charge is -2.32. The Morgan fingerprint density at radius 3 is 2.24 bits per heavy atom. The minimum absolute atomic E-state index is 0.0390. The summed E-state index contributed by atoms with van der Waals surface area (Å²) in [6.07, 6.45) is 7.05. The topological polar surface area (TPSA) is 148 Å². The Bertz CT molecular complexity index is 1280. The van der Waals surface area contributed by atoms with Crippen LogP contribution >= 0.6 is 0 Å². The third-order valence-electron chi connectivity index (χ3n) is 11.3. The number of ketones is 1. The van der Waals surface area contributed by atoms with Crippen molar-refractivity contribution in [1.82, 2.24) is 15.5 Å². The molecular formula is C32H44N4O6. The van der Waals surface area contributed by atoms with E-state index in [0.29, 0.717) is 25.1 Å². The average Bonchev–Trinajstić information content (AvgIpc) is 3.11. The van der Waals surface area contributed by atoms with Crippen molar-refractivity contribution in [2.45, 2.75) is 91.1 Å². The SMILES string of the molecule is Cc1cccc(C)c1OCC(=O)NCC(=O)N1C[C@]2(C[C@H]1C(=O)NC(CC1CCC1)C(=O)C(N)=O)C(C)(C)C21CCC1. The third kappa shape index (κ3) is 4.86. The van der Waals surface area contributed by atoms with Gasteiger partial charge in [0.1, 0.15) is 11.8 Å². The van der Waals surface area contributed by atoms with Crippen molar-refractivity contribution in [2.75, 3.05) is 19.7 Å². The third-order valence-corrected chi connectivity index (χ3v) is 11.3. The van der Waals surface area contributed by atoms with Gasteiger partial charge in [0.2, 0.25) is 17.6 Å². The van der Waals surface area contributed by atoms with E-state index in [4.69, 9.17) is 10.5 Å². The fraction of sp³-hybridized carbons (Fsp3) is 0.656. The molecule has 1 aromatic carbocycles. The molecule has 0 radical (unpaired) electrons. The fourth-order valence-corrected chi connectivity index (χ4v) is 8.32. The van der Waals surface area contributed by atoms with Gasteiger partial charge in [0.15, 0.2) is 6.61 Å². The molecule has 42 heavy (non-hydrogen) atoms. The number of para-hydroxylation sites is 1. The van der Waals surface area contributed by atoms with Crippen molar-refractivity contribution in [1.29, 1.82) is 0 Å². The molecule has 10 heteroatoms. The van der Waals surface area contributed by atoms with E-state index in [0.717, 1.165) is 49.7 Å². The molecule has 10 nitrogen and oxygen atoms in total. The van der Waals surface area contributed by atoms with E-state index in [1.54, 1.807) is 4.90 Å². The first-order valence-electron chi connectivity index (χ1n) is 15.2. The lowest BCUT2D eigenvalue weighted by molar-refractivity contribution is -0.141. The number of rotatable bonds is 11. The molecule has 4 N–H and O–H groups in total. The first kappa shape index (κ1) is 30.0. The minimum Gasteiger partial charge on any atom is -0.483 e. The maximum Gasteiger partial charge on any atom is 0.287 e. The van der Waals surface area contributed by atoms with Gasteiger partial charge in [-0.1, -0.05) is 57.7 Å². The summed E-state index contributed by atoms with van der Waals surface area (Å²) in [5.74, 6) is -2.22. The molecule has 0 aromatic heterocycles. The van der Waals surface area contributed by atoms with Crippen molar-refractivity contribution in [2.24, 2.45) is 27.9 Å². The second kappa shape index (κ2) is 11.0. The van der Waals surface area contributed by atoms with Crippen molar-refractivity contribution in [3.05, 3.63) is 29.3 Å². The first-order valence-corrected chi connectivity index (χ1v) is 15.2. The van der Waals surface area contributed by atoms with Gasteiger partial charge in [0.05, 0.1) is 12.6 Å². The van der Waals surface area contributed by atoms with Gasteiger partial charge in [-0.15, -0.1) is 0 Å². The molecule has 4 aliphatic rings. The number of aryl methyl sites for hydroxylation is 2. The normalized spacial score (nSPS) is 25.7. The van der Waals surface area contributed by atoms with E-state index in [1.165, 1.54) is 0 Å². The van der Waals surface area contributed by atoms with Gasteiger partial charge >= 0.3 is 0 Å². The Hall–Kier alpha value is -3.43. The maximum atomic E-state index is 13.8. The van der Waals surface area contributed by atoms with Gasteiger partial charge in [-0.3, -0.25) is 24.0 Å². The number of carbonyl (C=O) groups is 5. The number of Topliss-reactive ketones (excluding diaryl/α,β-unsaturated/α-hetero) is 1. The number of amides is 4. The summed E-state index contributed by atoms with van der Waals surface area (Å²) in [7, 11) is 0. The minimum atomic E-state index is -1.07. The molecule has 3 aliphatic carbocycles. The zero-order valence-electron chi connectivity index (χ0n) is 25.2. The summed E-state index contributed by atoms with van der Waals surface area (Å²) in [6.45, 7) is 8.16. The van der Waals surface area contributed by atoms with Crippen LogP contribution in [0, 0.1) is 36.0 Å². The van der Waals surface area contributed by atoms with Crippen molar-refractivity contribution < 1.29 is 28.7 Å². The van der Waals surface area contributed by atoms with Gasteiger partial charge < -0.3 is 26.0 Å². The van der Waals surface area contributed by atoms with E-state index in [-0.39, 0.29) is 41.2 Å². The Balaban J connectivity index is 1.27. The van der Waals surface area contributed by atoms with E-state index in [9.17, 15) is 24.0 Å². The van der Waals surface area contributed by atoms with Crippen LogP contribution in [0.3, 0.4) is 0 Å². The fourth-order valence-electron chi connectivity index (χ4n) is 8.32. The molecule has 3 atom stereocenters. The lowest BCUT2D eigenvalue weighted by atomic mass is 9.73. The molecule has 3 saturated carbocycles. The van der Waals surface area contributed by atoms with Gasteiger partial charge in [0.25, 0.3) is 11.8 Å². The highest BCUT2D eigenvalue weighted by molar-refractivity contribution is 6.37. The average molecular weight is 581 g/mol. The molecule has 228 valence electrons. The number of nitrogens with one attached hydrogen (secondary N) is 2. The summed E-state index contributed by atoms with van der Waals surface area (Å²) in [4.78, 5) is 66.0. The molecule has 5 rings (SSSR count). The van der Waals surface area contributed by atoms with Crippen LogP contribution in [-0.4, -0.2) is 66.1 Å². The van der Waals surface area contributed by atoms with Gasteiger partial charge in [0, 0.05) is 12.0 Å². The number of carbonyl (C=O) groups excluding carboxylic acids is 5. The standard InChI is InChI=1S/C32H44N4O6/c1-19-8-5-9-20(2)27(19)42-17-24(37)34-16-25(38)36-18-32(30(3,4)31(32)12-7-13-31)15-23(36)29(41)35-22(26(39)28(33)40)14-21-10-6-11-21/h5,8-9,21-23H,6-7,10-18H2,1-4H3,(H2,33,40)(H,34,37)(H,35,41)/t22?,23-,32+/m0/s1. The second-order valence-electron chi connectivity index (χ2n) is 13.5. The van der Waals surface area contributed by atoms with Crippen LogP contribution in [0.1, 0.15) is 76.3 Å². The number of hydrogen-bond acceptors (Lipinski definition) is 6. The van der Waals surface area contributed by atoms with Crippen LogP contribution in [0.4, 0.5) is 0 Å². The molecular weight excluding hydrogens is 536 g/mol. The van der Waals surface area contributed by atoms with Crippen LogP contribution in [0.25, 0.3) is 0 Å². The van der Waals surface area contributed by atoms with E-state index >= 15 is 0 Å².